The van der Waals surface area contributed by atoms with E-state index < -0.39 is 11.8 Å². The highest BCUT2D eigenvalue weighted by Crippen LogP contribution is 2.16. The van der Waals surface area contributed by atoms with Gasteiger partial charge in [0.15, 0.2) is 0 Å². The van der Waals surface area contributed by atoms with E-state index in [-0.39, 0.29) is 5.84 Å². The van der Waals surface area contributed by atoms with Gasteiger partial charge in [-0.2, -0.15) is 9.98 Å². The highest BCUT2D eigenvalue weighted by Gasteiger charge is 2.33. The number of guanidine groups is 1. The standard InChI is InChI=1S/C16H19N5O2S/c1-10-2-4-11(5-3-10)18-15(24)12-13(17)19-16(20-14(12)22)21-6-8-23-9-7-21/h2-5,12H,6-9H2,1H3,(H,18,24)(H2,17,19,20,22). The third-order valence-electron chi connectivity index (χ3n) is 3.86. The van der Waals surface area contributed by atoms with Crippen molar-refractivity contribution in [2.24, 2.45) is 21.6 Å². The number of nitrogens with one attached hydrogen (secondary N) is 1. The van der Waals surface area contributed by atoms with Gasteiger partial charge in [0.25, 0.3) is 5.91 Å². The maximum absolute atomic E-state index is 12.4. The molecule has 1 unspecified atom stereocenters. The lowest BCUT2D eigenvalue weighted by atomic mass is 10.1. The van der Waals surface area contributed by atoms with Gasteiger partial charge in [-0.15, -0.1) is 0 Å². The van der Waals surface area contributed by atoms with Crippen LogP contribution < -0.4 is 11.1 Å². The predicted molar refractivity (Wildman–Crippen MR) is 97.3 cm³/mol. The number of carbonyl (C=O) groups is 1. The molecule has 24 heavy (non-hydrogen) atoms. The van der Waals surface area contributed by atoms with Crippen molar-refractivity contribution in [3.63, 3.8) is 0 Å². The molecule has 3 N–H and O–H groups in total. The number of hydrogen-bond donors (Lipinski definition) is 2. The van der Waals surface area contributed by atoms with Crippen LogP contribution in [0, 0.1) is 12.8 Å². The lowest BCUT2D eigenvalue weighted by Crippen LogP contribution is -2.47. The van der Waals surface area contributed by atoms with Gasteiger partial charge in [-0.3, -0.25) is 4.79 Å². The van der Waals surface area contributed by atoms with Crippen LogP contribution in [-0.4, -0.2) is 53.9 Å². The smallest absolute Gasteiger partial charge is 0.266 e. The molecule has 1 aromatic carbocycles. The molecule has 1 aromatic rings. The molecule has 1 saturated heterocycles. The van der Waals surface area contributed by atoms with E-state index in [9.17, 15) is 4.79 Å². The molecule has 0 aliphatic carbocycles. The molecular weight excluding hydrogens is 326 g/mol. The van der Waals surface area contributed by atoms with Gasteiger partial charge in [0.05, 0.1) is 13.2 Å². The Hall–Kier alpha value is -2.32. The quantitative estimate of drug-likeness (QED) is 0.775. The number of amidine groups is 1. The van der Waals surface area contributed by atoms with E-state index in [1.807, 2.05) is 36.1 Å². The highest BCUT2D eigenvalue weighted by atomic mass is 32.1. The molecule has 0 spiro atoms. The number of aryl methyl sites for hydroxylation is 1. The van der Waals surface area contributed by atoms with Gasteiger partial charge in [0.2, 0.25) is 5.96 Å². The molecule has 1 amide bonds. The van der Waals surface area contributed by atoms with Gasteiger partial charge in [-0.25, -0.2) is 0 Å². The SMILES string of the molecule is Cc1ccc(NC(=S)C2C(=O)N=C(N3CCOCC3)N=C2N)cc1. The van der Waals surface area contributed by atoms with Gasteiger partial charge in [-0.1, -0.05) is 29.9 Å². The summed E-state index contributed by atoms with van der Waals surface area (Å²) in [7, 11) is 0. The summed E-state index contributed by atoms with van der Waals surface area (Å²) in [6.45, 7) is 4.44. The summed E-state index contributed by atoms with van der Waals surface area (Å²) in [5.74, 6) is -0.712. The first-order valence-electron chi connectivity index (χ1n) is 7.71. The summed E-state index contributed by atoms with van der Waals surface area (Å²) in [5, 5.41) is 3.04. The number of amides is 1. The van der Waals surface area contributed by atoms with Gasteiger partial charge in [0.1, 0.15) is 16.7 Å². The molecule has 0 bridgehead atoms. The lowest BCUT2D eigenvalue weighted by Gasteiger charge is -2.30. The third kappa shape index (κ3) is 3.60. The highest BCUT2D eigenvalue weighted by molar-refractivity contribution is 7.80. The van der Waals surface area contributed by atoms with Crippen LogP contribution in [0.4, 0.5) is 5.69 Å². The summed E-state index contributed by atoms with van der Waals surface area (Å²) < 4.78 is 5.29. The summed E-state index contributed by atoms with van der Waals surface area (Å²) in [4.78, 5) is 22.9. The molecule has 1 fully saturated rings. The van der Waals surface area contributed by atoms with E-state index in [2.05, 4.69) is 15.3 Å². The number of nitrogens with two attached hydrogens (primary N) is 1. The van der Waals surface area contributed by atoms with Crippen molar-refractivity contribution in [3.8, 4) is 0 Å². The second kappa shape index (κ2) is 7.06. The minimum Gasteiger partial charge on any atom is -0.386 e. The van der Waals surface area contributed by atoms with E-state index in [4.69, 9.17) is 22.7 Å². The van der Waals surface area contributed by atoms with Crippen molar-refractivity contribution < 1.29 is 9.53 Å². The van der Waals surface area contributed by atoms with Gasteiger partial charge >= 0.3 is 0 Å². The topological polar surface area (TPSA) is 92.3 Å². The van der Waals surface area contributed by atoms with Crippen molar-refractivity contribution in [2.75, 3.05) is 31.6 Å². The molecule has 3 rings (SSSR count). The first-order chi connectivity index (χ1) is 11.5. The molecule has 0 aromatic heterocycles. The number of thiocarbonyl (C=S) groups is 1. The van der Waals surface area contributed by atoms with Crippen molar-refractivity contribution >= 4 is 40.6 Å². The maximum atomic E-state index is 12.4. The zero-order valence-corrected chi connectivity index (χ0v) is 14.2. The van der Waals surface area contributed by atoms with Crippen molar-refractivity contribution in [2.45, 2.75) is 6.92 Å². The Morgan fingerprint density at radius 3 is 2.58 bits per heavy atom. The van der Waals surface area contributed by atoms with Crippen LogP contribution in [-0.2, 0) is 9.53 Å². The minimum atomic E-state index is -0.828. The van der Waals surface area contributed by atoms with Gasteiger partial charge in [0, 0.05) is 18.8 Å². The van der Waals surface area contributed by atoms with E-state index >= 15 is 0 Å². The number of rotatable bonds is 2. The van der Waals surface area contributed by atoms with Crippen LogP contribution >= 0.6 is 12.2 Å². The largest absolute Gasteiger partial charge is 0.386 e. The van der Waals surface area contributed by atoms with Crippen LogP contribution in [0.1, 0.15) is 5.56 Å². The first kappa shape index (κ1) is 16.5. The Balaban J connectivity index is 1.72. The van der Waals surface area contributed by atoms with Crippen molar-refractivity contribution in [1.82, 2.24) is 4.90 Å². The molecule has 0 saturated carbocycles. The first-order valence-corrected chi connectivity index (χ1v) is 8.12. The second-order valence-electron chi connectivity index (χ2n) is 5.67. The number of aliphatic imine (C=N–C) groups is 2. The summed E-state index contributed by atoms with van der Waals surface area (Å²) in [6.07, 6.45) is 0. The Morgan fingerprint density at radius 2 is 1.96 bits per heavy atom. The molecule has 126 valence electrons. The van der Waals surface area contributed by atoms with Crippen molar-refractivity contribution in [3.05, 3.63) is 29.8 Å². The molecule has 2 heterocycles. The van der Waals surface area contributed by atoms with Crippen LogP contribution in [0.25, 0.3) is 0 Å². The Labute approximate surface area is 145 Å². The predicted octanol–water partition coefficient (Wildman–Crippen LogP) is 0.936. The monoisotopic (exact) mass is 345 g/mol. The van der Waals surface area contributed by atoms with Gasteiger partial charge < -0.3 is 20.7 Å². The summed E-state index contributed by atoms with van der Waals surface area (Å²) in [5.41, 5.74) is 7.95. The summed E-state index contributed by atoms with van der Waals surface area (Å²) >= 11 is 5.34. The zero-order valence-electron chi connectivity index (χ0n) is 13.4. The number of ether oxygens (including phenoxy) is 1. The van der Waals surface area contributed by atoms with Crippen LogP contribution in [0.15, 0.2) is 34.3 Å². The average Bonchev–Trinajstić information content (AvgIpc) is 2.57. The fraction of sp³-hybridized carbons (Fsp3) is 0.375. The van der Waals surface area contributed by atoms with E-state index in [1.54, 1.807) is 0 Å². The van der Waals surface area contributed by atoms with E-state index in [1.165, 1.54) is 0 Å². The van der Waals surface area contributed by atoms with Crippen LogP contribution in [0.3, 0.4) is 0 Å². The number of anilines is 1. The number of nitrogens with zero attached hydrogens (tertiary/aromatic N) is 3. The van der Waals surface area contributed by atoms with Crippen LogP contribution in [0.5, 0.6) is 0 Å². The lowest BCUT2D eigenvalue weighted by molar-refractivity contribution is -0.118. The Kier molecular flexibility index (Phi) is 4.86. The van der Waals surface area contributed by atoms with Gasteiger partial charge in [-0.05, 0) is 19.1 Å². The number of carbonyl (C=O) groups excluding carboxylic acids is 1. The fourth-order valence-corrected chi connectivity index (χ4v) is 2.84. The third-order valence-corrected chi connectivity index (χ3v) is 4.19. The normalized spacial score (nSPS) is 21.1. The fourth-order valence-electron chi connectivity index (χ4n) is 2.50. The molecule has 2 aliphatic heterocycles. The second-order valence-corrected chi connectivity index (χ2v) is 6.11. The molecule has 7 nitrogen and oxygen atoms in total. The average molecular weight is 345 g/mol. The molecule has 1 atom stereocenters. The maximum Gasteiger partial charge on any atom is 0.266 e. The Morgan fingerprint density at radius 1 is 1.29 bits per heavy atom. The molecule has 8 heteroatoms. The summed E-state index contributed by atoms with van der Waals surface area (Å²) in [6, 6.07) is 7.70. The zero-order chi connectivity index (χ0) is 17.1. The molecular formula is C16H19N5O2S. The minimum absolute atomic E-state index is 0.168. The van der Waals surface area contributed by atoms with E-state index in [0.717, 1.165) is 11.3 Å². The molecule has 0 radical (unpaired) electrons. The number of benzene rings is 1. The van der Waals surface area contributed by atoms with Crippen LogP contribution in [0.2, 0.25) is 0 Å². The van der Waals surface area contributed by atoms with Crippen molar-refractivity contribution in [1.29, 1.82) is 0 Å². The van der Waals surface area contributed by atoms with E-state index in [0.29, 0.717) is 37.3 Å². The Bertz CT molecular complexity index is 708. The number of hydrogen-bond acceptors (Lipinski definition) is 6. The molecule has 2 aliphatic rings. The number of morpholine rings is 1.